The molecule has 0 fully saturated rings. The predicted molar refractivity (Wildman–Crippen MR) is 137 cm³/mol. The van der Waals surface area contributed by atoms with Crippen LogP contribution in [-0.4, -0.2) is 0 Å². The van der Waals surface area contributed by atoms with E-state index in [0.29, 0.717) is 5.92 Å². The monoisotopic (exact) mass is 413 g/mol. The second kappa shape index (κ2) is 9.11. The molecule has 1 atom stereocenters. The Morgan fingerprint density at radius 1 is 0.594 bits per heavy atom. The van der Waals surface area contributed by atoms with Crippen LogP contribution in [0.5, 0.6) is 0 Å². The van der Waals surface area contributed by atoms with E-state index in [9.17, 15) is 0 Å². The van der Waals surface area contributed by atoms with Crippen LogP contribution in [0.15, 0.2) is 127 Å². The van der Waals surface area contributed by atoms with Crippen LogP contribution >= 0.6 is 0 Å². The Morgan fingerprint density at radius 2 is 1.16 bits per heavy atom. The molecule has 4 aromatic carbocycles. The molecule has 0 heterocycles. The molecule has 156 valence electrons. The van der Waals surface area contributed by atoms with Crippen molar-refractivity contribution in [3.8, 4) is 11.1 Å². The van der Waals surface area contributed by atoms with Gasteiger partial charge in [0.05, 0.1) is 0 Å². The fraction of sp³-hybridized carbons (Fsp3) is 0.0968. The quantitative estimate of drug-likeness (QED) is 0.316. The van der Waals surface area contributed by atoms with Gasteiger partial charge in [0.25, 0.3) is 0 Å². The van der Waals surface area contributed by atoms with E-state index >= 15 is 0 Å². The zero-order valence-corrected chi connectivity index (χ0v) is 18.4. The number of nitrogens with zero attached hydrogens (tertiary/aromatic N) is 1. The van der Waals surface area contributed by atoms with Crippen LogP contribution in [0.2, 0.25) is 0 Å². The van der Waals surface area contributed by atoms with Crippen molar-refractivity contribution in [3.63, 3.8) is 0 Å². The Bertz CT molecular complexity index is 1210. The SMILES string of the molecule is Cc1ccc(-c2ccc(N(c3ccccc3)c3ccc(C4C=CC=CC4)cc3)cc2)cc1. The maximum atomic E-state index is 2.32. The fourth-order valence-electron chi connectivity index (χ4n) is 4.27. The summed E-state index contributed by atoms with van der Waals surface area (Å²) >= 11 is 0. The van der Waals surface area contributed by atoms with Crippen molar-refractivity contribution in [2.45, 2.75) is 19.3 Å². The molecule has 4 aromatic rings. The van der Waals surface area contributed by atoms with Crippen molar-refractivity contribution in [2.75, 3.05) is 4.90 Å². The topological polar surface area (TPSA) is 3.24 Å². The van der Waals surface area contributed by atoms with Gasteiger partial charge in [0, 0.05) is 23.0 Å². The lowest BCUT2D eigenvalue weighted by Crippen LogP contribution is -2.10. The number of anilines is 3. The van der Waals surface area contributed by atoms with Gasteiger partial charge in [-0.25, -0.2) is 0 Å². The third-order valence-electron chi connectivity index (χ3n) is 6.08. The van der Waals surface area contributed by atoms with Gasteiger partial charge in [-0.3, -0.25) is 0 Å². The Morgan fingerprint density at radius 3 is 1.75 bits per heavy atom. The summed E-state index contributed by atoms with van der Waals surface area (Å²) in [5.41, 5.74) is 8.59. The van der Waals surface area contributed by atoms with Gasteiger partial charge >= 0.3 is 0 Å². The van der Waals surface area contributed by atoms with E-state index in [-0.39, 0.29) is 0 Å². The predicted octanol–water partition coefficient (Wildman–Crippen LogP) is 8.73. The summed E-state index contributed by atoms with van der Waals surface area (Å²) < 4.78 is 0. The molecule has 0 spiro atoms. The lowest BCUT2D eigenvalue weighted by molar-refractivity contribution is 0.854. The van der Waals surface area contributed by atoms with Crippen molar-refractivity contribution in [3.05, 3.63) is 139 Å². The molecule has 0 bridgehead atoms. The number of rotatable bonds is 5. The van der Waals surface area contributed by atoms with Gasteiger partial charge in [-0.15, -0.1) is 0 Å². The van der Waals surface area contributed by atoms with Gasteiger partial charge in [-0.05, 0) is 66.4 Å². The van der Waals surface area contributed by atoms with E-state index in [4.69, 9.17) is 0 Å². The summed E-state index contributed by atoms with van der Waals surface area (Å²) in [6.45, 7) is 2.12. The van der Waals surface area contributed by atoms with Crippen LogP contribution in [0.1, 0.15) is 23.5 Å². The third kappa shape index (κ3) is 4.29. The molecular formula is C31H27N. The second-order valence-electron chi connectivity index (χ2n) is 8.33. The second-order valence-corrected chi connectivity index (χ2v) is 8.33. The summed E-state index contributed by atoms with van der Waals surface area (Å²) in [7, 11) is 0. The molecule has 1 aliphatic carbocycles. The summed E-state index contributed by atoms with van der Waals surface area (Å²) in [6.07, 6.45) is 9.87. The third-order valence-corrected chi connectivity index (χ3v) is 6.08. The maximum Gasteiger partial charge on any atom is 0.0462 e. The highest BCUT2D eigenvalue weighted by molar-refractivity contribution is 5.78. The van der Waals surface area contributed by atoms with E-state index in [1.807, 2.05) is 0 Å². The minimum Gasteiger partial charge on any atom is -0.311 e. The highest BCUT2D eigenvalue weighted by Crippen LogP contribution is 2.36. The number of hydrogen-bond acceptors (Lipinski definition) is 1. The molecule has 0 N–H and O–H groups in total. The highest BCUT2D eigenvalue weighted by atomic mass is 15.1. The Kier molecular flexibility index (Phi) is 5.72. The number of hydrogen-bond donors (Lipinski definition) is 0. The summed E-state index contributed by atoms with van der Waals surface area (Å²) in [5.74, 6) is 0.466. The summed E-state index contributed by atoms with van der Waals surface area (Å²) in [4.78, 5) is 2.32. The van der Waals surface area contributed by atoms with Gasteiger partial charge in [0.15, 0.2) is 0 Å². The van der Waals surface area contributed by atoms with Crippen LogP contribution in [0, 0.1) is 6.92 Å². The number of allylic oxidation sites excluding steroid dienone is 4. The molecule has 0 radical (unpaired) electrons. The average molecular weight is 414 g/mol. The zero-order chi connectivity index (χ0) is 21.8. The molecule has 0 amide bonds. The molecular weight excluding hydrogens is 386 g/mol. The van der Waals surface area contributed by atoms with Crippen molar-refractivity contribution < 1.29 is 0 Å². The molecule has 0 aliphatic heterocycles. The molecule has 32 heavy (non-hydrogen) atoms. The van der Waals surface area contributed by atoms with Crippen LogP contribution < -0.4 is 4.90 Å². The van der Waals surface area contributed by atoms with Crippen LogP contribution in [0.3, 0.4) is 0 Å². The first-order valence-electron chi connectivity index (χ1n) is 11.2. The Hall–Kier alpha value is -3.84. The van der Waals surface area contributed by atoms with Crippen molar-refractivity contribution in [2.24, 2.45) is 0 Å². The first-order valence-corrected chi connectivity index (χ1v) is 11.2. The first kappa shape index (κ1) is 20.1. The lowest BCUT2D eigenvalue weighted by atomic mass is 9.92. The van der Waals surface area contributed by atoms with Crippen molar-refractivity contribution in [1.29, 1.82) is 0 Å². The molecule has 1 aliphatic rings. The molecule has 0 saturated heterocycles. The smallest absolute Gasteiger partial charge is 0.0462 e. The fourth-order valence-corrected chi connectivity index (χ4v) is 4.27. The van der Waals surface area contributed by atoms with E-state index in [1.54, 1.807) is 0 Å². The number of aryl methyl sites for hydroxylation is 1. The molecule has 0 aromatic heterocycles. The van der Waals surface area contributed by atoms with Gasteiger partial charge in [0.1, 0.15) is 0 Å². The molecule has 1 unspecified atom stereocenters. The van der Waals surface area contributed by atoms with Gasteiger partial charge in [-0.2, -0.15) is 0 Å². The zero-order valence-electron chi connectivity index (χ0n) is 18.4. The summed E-state index contributed by atoms with van der Waals surface area (Å²) in [5, 5.41) is 0. The summed E-state index contributed by atoms with van der Waals surface area (Å²) in [6, 6.07) is 37.1. The molecule has 0 saturated carbocycles. The maximum absolute atomic E-state index is 2.32. The largest absolute Gasteiger partial charge is 0.311 e. The van der Waals surface area contributed by atoms with Gasteiger partial charge < -0.3 is 4.90 Å². The van der Waals surface area contributed by atoms with Gasteiger partial charge in [0.2, 0.25) is 0 Å². The number of benzene rings is 4. The van der Waals surface area contributed by atoms with E-state index < -0.39 is 0 Å². The van der Waals surface area contributed by atoms with E-state index in [2.05, 4.69) is 139 Å². The van der Waals surface area contributed by atoms with Crippen LogP contribution in [-0.2, 0) is 0 Å². The van der Waals surface area contributed by atoms with Crippen LogP contribution in [0.25, 0.3) is 11.1 Å². The van der Waals surface area contributed by atoms with Crippen molar-refractivity contribution >= 4 is 17.1 Å². The van der Waals surface area contributed by atoms with E-state index in [0.717, 1.165) is 17.8 Å². The molecule has 1 nitrogen and oxygen atoms in total. The lowest BCUT2D eigenvalue weighted by Gasteiger charge is -2.26. The van der Waals surface area contributed by atoms with Crippen LogP contribution in [0.4, 0.5) is 17.1 Å². The Labute approximate surface area is 191 Å². The van der Waals surface area contributed by atoms with Gasteiger partial charge in [-0.1, -0.05) is 96.6 Å². The highest BCUT2D eigenvalue weighted by Gasteiger charge is 2.14. The minimum atomic E-state index is 0.466. The molecule has 1 heteroatoms. The normalized spacial score (nSPS) is 15.0. The minimum absolute atomic E-state index is 0.466. The van der Waals surface area contributed by atoms with E-state index in [1.165, 1.54) is 27.9 Å². The first-order chi connectivity index (χ1) is 15.8. The van der Waals surface area contributed by atoms with Crippen molar-refractivity contribution in [1.82, 2.24) is 0 Å². The molecule has 5 rings (SSSR count). The standard InChI is InChI=1S/C31H27N/c1-24-12-14-26(15-13-24)28-18-22-31(23-19-28)32(29-10-6-3-7-11-29)30-20-16-27(17-21-30)25-8-4-2-5-9-25/h2-8,10-23,25H,9H2,1H3. The number of para-hydroxylation sites is 1. The Balaban J connectivity index is 1.48. The average Bonchev–Trinajstić information content (AvgIpc) is 2.87.